The predicted octanol–water partition coefficient (Wildman–Crippen LogP) is 0.995. The summed E-state index contributed by atoms with van der Waals surface area (Å²) in [7, 11) is 0. The molecule has 1 heteroatoms. The summed E-state index contributed by atoms with van der Waals surface area (Å²) in [5.41, 5.74) is 0. The van der Waals surface area contributed by atoms with E-state index in [1.807, 2.05) is 0 Å². The molecule has 0 unspecified atom stereocenters. The molecule has 0 aromatic heterocycles. The van der Waals surface area contributed by atoms with Gasteiger partial charge < -0.3 is 6.58 Å². The van der Waals surface area contributed by atoms with E-state index in [2.05, 4.69) is 0 Å². The van der Waals surface area contributed by atoms with E-state index in [0.29, 0.717) is 0 Å². The molecule has 0 amide bonds. The van der Waals surface area contributed by atoms with Crippen LogP contribution >= 0.6 is 0 Å². The van der Waals surface area contributed by atoms with Crippen LogP contribution in [-0.2, 0) is 0 Å². The third kappa shape index (κ3) is 14.3. The van der Waals surface area contributed by atoms with Crippen molar-refractivity contribution in [3.8, 4) is 0 Å². The van der Waals surface area contributed by atoms with Crippen molar-refractivity contribution in [2.75, 3.05) is 0 Å². The fourth-order valence-corrected chi connectivity index (χ4v) is 0. The minimum Gasteiger partial charge on any atom is -0.518 e. The van der Waals surface area contributed by atoms with E-state index in [-0.39, 0.29) is 31.1 Å². The monoisotopic (exact) mass is 279 g/mol. The largest absolute Gasteiger partial charge is 0.518 e. The standard InChI is InChI=1S/C3H5.U/c1-3-2;/h1,3H,2H3;/q-1;. The molecule has 0 rings (SSSR count). The first-order valence-electron chi connectivity index (χ1n) is 0.911. The zero-order valence-corrected chi connectivity index (χ0v) is 6.82. The summed E-state index contributed by atoms with van der Waals surface area (Å²) in [6.45, 7) is 6.50. The van der Waals surface area contributed by atoms with Gasteiger partial charge in [0.25, 0.3) is 0 Å². The summed E-state index contributed by atoms with van der Waals surface area (Å²) in [6.07, 6.45) is 1.50. The van der Waals surface area contributed by atoms with E-state index in [0.717, 1.165) is 0 Å². The molecule has 0 spiro atoms. The zero-order valence-electron chi connectivity index (χ0n) is 2.65. The molecular formula is C3H5U-. The van der Waals surface area contributed by atoms with E-state index in [4.69, 9.17) is 6.58 Å². The van der Waals surface area contributed by atoms with Gasteiger partial charge in [0, 0.05) is 31.1 Å². The molecule has 0 radical (unpaired) electrons. The quantitative estimate of drug-likeness (QED) is 0.580. The number of hydrogen-bond acceptors (Lipinski definition) is 0. The van der Waals surface area contributed by atoms with E-state index in [9.17, 15) is 0 Å². The number of allylic oxidation sites excluding steroid dienone is 1. The molecule has 0 aromatic carbocycles. The second kappa shape index (κ2) is 9.21. The van der Waals surface area contributed by atoms with E-state index >= 15 is 0 Å². The van der Waals surface area contributed by atoms with Gasteiger partial charge in [-0.2, -0.15) is 0 Å². The maximum absolute atomic E-state index is 4.72. The van der Waals surface area contributed by atoms with Crippen molar-refractivity contribution in [3.05, 3.63) is 12.7 Å². The number of hydrogen-bond donors (Lipinski definition) is 0. The van der Waals surface area contributed by atoms with Gasteiger partial charge in [-0.25, -0.2) is 0 Å². The Labute approximate surface area is 50.7 Å². The molecule has 0 saturated carbocycles. The van der Waals surface area contributed by atoms with Crippen LogP contribution in [0, 0.1) is 37.7 Å². The molecule has 0 aromatic rings. The number of rotatable bonds is 0. The van der Waals surface area contributed by atoms with E-state index < -0.39 is 0 Å². The second-order valence-electron chi connectivity index (χ2n) is 0.333. The van der Waals surface area contributed by atoms with Gasteiger partial charge in [0.05, 0.1) is 0 Å². The molecule has 0 N–H and O–H groups in total. The molecule has 0 aliphatic heterocycles. The normalized spacial score (nSPS) is 3.25. The predicted molar refractivity (Wildman–Crippen MR) is 14.5 cm³/mol. The first-order chi connectivity index (χ1) is 1.41. The Kier molecular flexibility index (Phi) is 20.3. The van der Waals surface area contributed by atoms with Crippen LogP contribution in [0.4, 0.5) is 0 Å². The molecule has 0 aliphatic carbocycles. The minimum absolute atomic E-state index is 0. The Bertz CT molecular complexity index is 10.8. The van der Waals surface area contributed by atoms with Crippen molar-refractivity contribution in [2.24, 2.45) is 0 Å². The van der Waals surface area contributed by atoms with Crippen LogP contribution in [0.1, 0.15) is 6.92 Å². The van der Waals surface area contributed by atoms with Crippen molar-refractivity contribution in [3.63, 3.8) is 0 Å². The summed E-state index contributed by atoms with van der Waals surface area (Å²) < 4.78 is 0. The van der Waals surface area contributed by atoms with Gasteiger partial charge in [-0.15, -0.1) is 0 Å². The van der Waals surface area contributed by atoms with Crippen molar-refractivity contribution >= 4 is 0 Å². The topological polar surface area (TPSA) is 0 Å². The molecule has 0 saturated heterocycles. The van der Waals surface area contributed by atoms with Crippen LogP contribution in [-0.4, -0.2) is 0 Å². The Balaban J connectivity index is 0. The Hall–Kier alpha value is 0.792. The van der Waals surface area contributed by atoms with Crippen molar-refractivity contribution in [1.82, 2.24) is 0 Å². The van der Waals surface area contributed by atoms with Crippen LogP contribution in [0.5, 0.6) is 0 Å². The van der Waals surface area contributed by atoms with Gasteiger partial charge in [-0.3, -0.25) is 6.08 Å². The zero-order chi connectivity index (χ0) is 2.71. The van der Waals surface area contributed by atoms with Crippen molar-refractivity contribution < 1.29 is 31.1 Å². The third-order valence-electron chi connectivity index (χ3n) is 0. The van der Waals surface area contributed by atoms with E-state index in [1.54, 1.807) is 6.92 Å². The van der Waals surface area contributed by atoms with Gasteiger partial charge in [-0.05, 0) is 0 Å². The van der Waals surface area contributed by atoms with Crippen LogP contribution < -0.4 is 0 Å². The van der Waals surface area contributed by atoms with Gasteiger partial charge in [-0.1, -0.05) is 6.92 Å². The maximum Gasteiger partial charge on any atom is 0 e. The molecule has 0 fully saturated rings. The van der Waals surface area contributed by atoms with Crippen LogP contribution in [0.25, 0.3) is 0 Å². The van der Waals surface area contributed by atoms with Gasteiger partial charge in [0.15, 0.2) is 0 Å². The second-order valence-corrected chi connectivity index (χ2v) is 0.333. The first kappa shape index (κ1) is 8.84. The van der Waals surface area contributed by atoms with E-state index in [1.165, 1.54) is 6.08 Å². The van der Waals surface area contributed by atoms with Gasteiger partial charge in [0.2, 0.25) is 0 Å². The Morgan fingerprint density at radius 1 is 1.75 bits per heavy atom. The fraction of sp³-hybridized carbons (Fsp3) is 0.333. The Morgan fingerprint density at radius 3 is 1.75 bits per heavy atom. The van der Waals surface area contributed by atoms with Crippen LogP contribution in [0.2, 0.25) is 0 Å². The average Bonchev–Trinajstić information content (AvgIpc) is 0.918. The summed E-state index contributed by atoms with van der Waals surface area (Å²) in [6, 6.07) is 0. The SMILES string of the molecule is [CH-]=CC.[U]. The van der Waals surface area contributed by atoms with Gasteiger partial charge in [0.1, 0.15) is 0 Å². The maximum atomic E-state index is 4.72. The van der Waals surface area contributed by atoms with Gasteiger partial charge >= 0.3 is 0 Å². The summed E-state index contributed by atoms with van der Waals surface area (Å²) in [5.74, 6) is 0. The molecule has 22 valence electrons. The molecule has 0 heterocycles. The minimum atomic E-state index is 0. The smallest absolute Gasteiger partial charge is 0 e. The molecule has 0 bridgehead atoms. The summed E-state index contributed by atoms with van der Waals surface area (Å²) in [4.78, 5) is 0. The van der Waals surface area contributed by atoms with Crippen LogP contribution in [0.15, 0.2) is 6.08 Å². The molecular weight excluding hydrogens is 274 g/mol. The summed E-state index contributed by atoms with van der Waals surface area (Å²) in [5, 5.41) is 0. The van der Waals surface area contributed by atoms with Crippen molar-refractivity contribution in [2.45, 2.75) is 6.92 Å². The molecule has 0 nitrogen and oxygen atoms in total. The molecule has 0 atom stereocenters. The van der Waals surface area contributed by atoms with Crippen LogP contribution in [0.3, 0.4) is 0 Å². The average molecular weight is 279 g/mol. The third-order valence-corrected chi connectivity index (χ3v) is 0. The molecule has 0 aliphatic rings. The fourth-order valence-electron chi connectivity index (χ4n) is 0. The molecule has 4 heavy (non-hydrogen) atoms. The van der Waals surface area contributed by atoms with Crippen molar-refractivity contribution in [1.29, 1.82) is 0 Å². The Morgan fingerprint density at radius 2 is 1.75 bits per heavy atom. The summed E-state index contributed by atoms with van der Waals surface area (Å²) >= 11 is 0. The first-order valence-corrected chi connectivity index (χ1v) is 0.911.